The molecule has 11 heteroatoms. The third-order valence-corrected chi connectivity index (χ3v) is 6.43. The Morgan fingerprint density at radius 3 is 2.45 bits per heavy atom. The van der Waals surface area contributed by atoms with Gasteiger partial charge in [-0.1, -0.05) is 18.2 Å². The normalized spacial score (nSPS) is 15.6. The molecule has 164 valence electrons. The van der Waals surface area contributed by atoms with E-state index in [0.29, 0.717) is 11.4 Å². The molecule has 1 aliphatic rings. The maximum absolute atomic E-state index is 12.5. The van der Waals surface area contributed by atoms with Crippen LogP contribution in [0.1, 0.15) is 17.3 Å². The maximum Gasteiger partial charge on any atom is 0.281 e. The molecule has 3 amide bonds. The van der Waals surface area contributed by atoms with Gasteiger partial charge in [0.1, 0.15) is 5.75 Å². The zero-order valence-electron chi connectivity index (χ0n) is 17.2. The van der Waals surface area contributed by atoms with E-state index in [9.17, 15) is 22.8 Å². The van der Waals surface area contributed by atoms with Gasteiger partial charge in [0.25, 0.3) is 11.8 Å². The SMILES string of the molecule is CC(=O)N1CC(C(=O)NNC(=O)c2cccc(S(=O)(=O)N(C)C)c2)Oc2ccccc21. The van der Waals surface area contributed by atoms with Crippen LogP contribution in [0.2, 0.25) is 0 Å². The zero-order valence-corrected chi connectivity index (χ0v) is 18.0. The van der Waals surface area contributed by atoms with E-state index in [1.807, 2.05) is 0 Å². The Labute approximate surface area is 179 Å². The summed E-state index contributed by atoms with van der Waals surface area (Å²) in [6.45, 7) is 1.36. The zero-order chi connectivity index (χ0) is 22.8. The summed E-state index contributed by atoms with van der Waals surface area (Å²) in [7, 11) is -0.948. The number of anilines is 1. The van der Waals surface area contributed by atoms with Crippen molar-refractivity contribution in [2.45, 2.75) is 17.9 Å². The monoisotopic (exact) mass is 446 g/mol. The van der Waals surface area contributed by atoms with E-state index in [4.69, 9.17) is 4.74 Å². The molecule has 3 rings (SSSR count). The topological polar surface area (TPSA) is 125 Å². The van der Waals surface area contributed by atoms with Crippen molar-refractivity contribution < 1.29 is 27.5 Å². The van der Waals surface area contributed by atoms with E-state index < -0.39 is 27.9 Å². The Bertz CT molecular complexity index is 1130. The minimum absolute atomic E-state index is 0.0232. The van der Waals surface area contributed by atoms with Crippen molar-refractivity contribution in [3.8, 4) is 5.75 Å². The molecule has 1 unspecified atom stereocenters. The lowest BCUT2D eigenvalue weighted by Crippen LogP contribution is -2.54. The average Bonchev–Trinajstić information content (AvgIpc) is 2.76. The number of amides is 3. The van der Waals surface area contributed by atoms with Crippen molar-refractivity contribution in [1.29, 1.82) is 0 Å². The average molecular weight is 446 g/mol. The summed E-state index contributed by atoms with van der Waals surface area (Å²) in [5, 5.41) is 0. The van der Waals surface area contributed by atoms with E-state index >= 15 is 0 Å². The quantitative estimate of drug-likeness (QED) is 0.660. The van der Waals surface area contributed by atoms with Crippen molar-refractivity contribution in [3.63, 3.8) is 0 Å². The van der Waals surface area contributed by atoms with Gasteiger partial charge in [0, 0.05) is 26.6 Å². The molecular weight excluding hydrogens is 424 g/mol. The van der Waals surface area contributed by atoms with Gasteiger partial charge in [-0.3, -0.25) is 25.2 Å². The molecule has 2 aromatic rings. The molecule has 0 bridgehead atoms. The smallest absolute Gasteiger partial charge is 0.281 e. The molecule has 2 N–H and O–H groups in total. The summed E-state index contributed by atoms with van der Waals surface area (Å²) in [6, 6.07) is 12.2. The number of sulfonamides is 1. The van der Waals surface area contributed by atoms with Crippen LogP contribution in [0.5, 0.6) is 5.75 Å². The molecule has 0 aromatic heterocycles. The van der Waals surface area contributed by atoms with E-state index in [-0.39, 0.29) is 22.9 Å². The summed E-state index contributed by atoms with van der Waals surface area (Å²) in [5.41, 5.74) is 5.10. The van der Waals surface area contributed by atoms with Crippen molar-refractivity contribution in [1.82, 2.24) is 15.2 Å². The predicted molar refractivity (Wildman–Crippen MR) is 112 cm³/mol. The second-order valence-electron chi connectivity index (χ2n) is 6.96. The third kappa shape index (κ3) is 4.67. The number of nitrogens with zero attached hydrogens (tertiary/aromatic N) is 2. The minimum atomic E-state index is -3.72. The Hall–Kier alpha value is -3.44. The van der Waals surface area contributed by atoms with Crippen LogP contribution in [0, 0.1) is 0 Å². The molecular formula is C20H22N4O6S. The highest BCUT2D eigenvalue weighted by Gasteiger charge is 2.32. The lowest BCUT2D eigenvalue weighted by Gasteiger charge is -2.33. The number of benzene rings is 2. The second-order valence-corrected chi connectivity index (χ2v) is 9.11. The van der Waals surface area contributed by atoms with Gasteiger partial charge in [0.15, 0.2) is 6.10 Å². The molecule has 10 nitrogen and oxygen atoms in total. The van der Waals surface area contributed by atoms with E-state index in [0.717, 1.165) is 4.31 Å². The van der Waals surface area contributed by atoms with Gasteiger partial charge in [-0.2, -0.15) is 0 Å². The Balaban J connectivity index is 1.69. The summed E-state index contributed by atoms with van der Waals surface area (Å²) >= 11 is 0. The lowest BCUT2D eigenvalue weighted by atomic mass is 10.2. The van der Waals surface area contributed by atoms with Crippen LogP contribution in [0.4, 0.5) is 5.69 Å². The number of para-hydroxylation sites is 2. The van der Waals surface area contributed by atoms with E-state index in [1.165, 1.54) is 50.2 Å². The van der Waals surface area contributed by atoms with Gasteiger partial charge in [0.05, 0.1) is 17.1 Å². The first-order chi connectivity index (χ1) is 14.6. The third-order valence-electron chi connectivity index (χ3n) is 4.62. The van der Waals surface area contributed by atoms with Gasteiger partial charge in [-0.05, 0) is 30.3 Å². The van der Waals surface area contributed by atoms with Gasteiger partial charge in [-0.15, -0.1) is 0 Å². The van der Waals surface area contributed by atoms with E-state index in [1.54, 1.807) is 24.3 Å². The Kier molecular flexibility index (Phi) is 6.27. The van der Waals surface area contributed by atoms with Crippen molar-refractivity contribution in [2.24, 2.45) is 0 Å². The summed E-state index contributed by atoms with van der Waals surface area (Å²) in [5.74, 6) is -1.25. The van der Waals surface area contributed by atoms with Gasteiger partial charge in [0.2, 0.25) is 15.9 Å². The first-order valence-electron chi connectivity index (χ1n) is 9.28. The standard InChI is InChI=1S/C20H22N4O6S/c1-13(25)24-12-18(30-17-10-5-4-9-16(17)24)20(27)22-21-19(26)14-7-6-8-15(11-14)31(28,29)23(2)3/h4-11,18H,12H2,1-3H3,(H,21,26)(H,22,27). The summed E-state index contributed by atoms with van der Waals surface area (Å²) < 4.78 is 31.2. The van der Waals surface area contributed by atoms with Crippen LogP contribution in [-0.2, 0) is 19.6 Å². The fourth-order valence-corrected chi connectivity index (χ4v) is 3.90. The number of carbonyl (C=O) groups is 3. The van der Waals surface area contributed by atoms with Crippen LogP contribution >= 0.6 is 0 Å². The van der Waals surface area contributed by atoms with Crippen LogP contribution in [0.3, 0.4) is 0 Å². The van der Waals surface area contributed by atoms with Crippen LogP contribution < -0.4 is 20.5 Å². The number of hydrogen-bond donors (Lipinski definition) is 2. The molecule has 0 radical (unpaired) electrons. The molecule has 1 aliphatic heterocycles. The van der Waals surface area contributed by atoms with Gasteiger partial charge < -0.3 is 9.64 Å². The van der Waals surface area contributed by atoms with Crippen molar-refractivity contribution in [3.05, 3.63) is 54.1 Å². The molecule has 0 fully saturated rings. The minimum Gasteiger partial charge on any atom is -0.476 e. The number of carbonyl (C=O) groups excluding carboxylic acids is 3. The number of hydrogen-bond acceptors (Lipinski definition) is 6. The fourth-order valence-electron chi connectivity index (χ4n) is 2.95. The molecule has 1 heterocycles. The largest absolute Gasteiger partial charge is 0.476 e. The highest BCUT2D eigenvalue weighted by molar-refractivity contribution is 7.89. The van der Waals surface area contributed by atoms with Crippen molar-refractivity contribution >= 4 is 33.4 Å². The van der Waals surface area contributed by atoms with Crippen LogP contribution in [0.25, 0.3) is 0 Å². The van der Waals surface area contributed by atoms with Gasteiger partial charge in [-0.25, -0.2) is 12.7 Å². The molecule has 2 aromatic carbocycles. The highest BCUT2D eigenvalue weighted by Crippen LogP contribution is 2.33. The first-order valence-corrected chi connectivity index (χ1v) is 10.7. The fraction of sp³-hybridized carbons (Fsp3) is 0.250. The Morgan fingerprint density at radius 2 is 1.77 bits per heavy atom. The molecule has 0 saturated heterocycles. The first kappa shape index (κ1) is 22.2. The number of rotatable bonds is 4. The number of ether oxygens (including phenoxy) is 1. The van der Waals surface area contributed by atoms with E-state index in [2.05, 4.69) is 10.9 Å². The highest BCUT2D eigenvalue weighted by atomic mass is 32.2. The number of fused-ring (bicyclic) bond motifs is 1. The molecule has 1 atom stereocenters. The summed E-state index contributed by atoms with van der Waals surface area (Å²) in [6.07, 6.45) is -1.04. The van der Waals surface area contributed by atoms with Crippen LogP contribution in [0.15, 0.2) is 53.4 Å². The van der Waals surface area contributed by atoms with Gasteiger partial charge >= 0.3 is 0 Å². The molecule has 0 saturated carbocycles. The predicted octanol–water partition coefficient (Wildman–Crippen LogP) is 0.512. The number of hydrazine groups is 1. The maximum atomic E-state index is 12.5. The van der Waals surface area contributed by atoms with Crippen molar-refractivity contribution in [2.75, 3.05) is 25.5 Å². The molecule has 31 heavy (non-hydrogen) atoms. The lowest BCUT2D eigenvalue weighted by molar-refractivity contribution is -0.129. The summed E-state index contributed by atoms with van der Waals surface area (Å²) in [4.78, 5) is 38.3. The molecule has 0 spiro atoms. The number of nitrogens with one attached hydrogen (secondary N) is 2. The Morgan fingerprint density at radius 1 is 1.06 bits per heavy atom. The molecule has 0 aliphatic carbocycles. The second kappa shape index (κ2) is 8.74. The van der Waals surface area contributed by atoms with Crippen LogP contribution in [-0.4, -0.2) is 57.2 Å².